The third kappa shape index (κ3) is 3.81. The van der Waals surface area contributed by atoms with E-state index in [1.807, 2.05) is 18.2 Å². The predicted molar refractivity (Wildman–Crippen MR) is 107 cm³/mol. The minimum Gasteiger partial charge on any atom is -0.496 e. The zero-order valence-electron chi connectivity index (χ0n) is 14.7. The first-order chi connectivity index (χ1) is 12.0. The quantitative estimate of drug-likeness (QED) is 0.543. The Hall–Kier alpha value is -1.63. The molecule has 0 saturated carbocycles. The summed E-state index contributed by atoms with van der Waals surface area (Å²) < 4.78 is 13.1. The Kier molecular flexibility index (Phi) is 5.61. The van der Waals surface area contributed by atoms with Crippen molar-refractivity contribution in [3.63, 3.8) is 0 Å². The molecule has 0 N–H and O–H groups in total. The summed E-state index contributed by atoms with van der Waals surface area (Å²) in [5.41, 5.74) is 2.14. The van der Waals surface area contributed by atoms with E-state index in [2.05, 4.69) is 53.0 Å². The first-order valence-corrected chi connectivity index (χ1v) is 9.60. The van der Waals surface area contributed by atoms with Gasteiger partial charge in [-0.25, -0.2) is 4.98 Å². The van der Waals surface area contributed by atoms with E-state index >= 15 is 0 Å². The zero-order valence-corrected chi connectivity index (χ0v) is 17.1. The van der Waals surface area contributed by atoms with Crippen molar-refractivity contribution in [1.82, 2.24) is 9.88 Å². The zero-order chi connectivity index (χ0) is 18.0. The molecule has 0 bridgehead atoms. The Morgan fingerprint density at radius 1 is 1.16 bits per heavy atom. The molecular formula is C19H21BrN2O2S. The second-order valence-electron chi connectivity index (χ2n) is 5.91. The minimum atomic E-state index is 0.205. The van der Waals surface area contributed by atoms with E-state index in [-0.39, 0.29) is 6.04 Å². The molecule has 0 saturated heterocycles. The van der Waals surface area contributed by atoms with Crippen molar-refractivity contribution in [1.29, 1.82) is 0 Å². The van der Waals surface area contributed by atoms with Gasteiger partial charge in [0.2, 0.25) is 0 Å². The number of ether oxygens (including phenoxy) is 2. The number of fused-ring (bicyclic) bond motifs is 1. The van der Waals surface area contributed by atoms with Crippen LogP contribution < -0.4 is 9.47 Å². The van der Waals surface area contributed by atoms with E-state index in [0.717, 1.165) is 38.6 Å². The van der Waals surface area contributed by atoms with Gasteiger partial charge in [-0.2, -0.15) is 0 Å². The van der Waals surface area contributed by atoms with Crippen LogP contribution in [0.1, 0.15) is 23.5 Å². The maximum absolute atomic E-state index is 5.53. The average Bonchev–Trinajstić information content (AvgIpc) is 3.06. The highest BCUT2D eigenvalue weighted by Gasteiger charge is 2.19. The van der Waals surface area contributed by atoms with E-state index < -0.39 is 0 Å². The van der Waals surface area contributed by atoms with E-state index in [1.54, 1.807) is 25.6 Å². The van der Waals surface area contributed by atoms with Crippen molar-refractivity contribution >= 4 is 37.5 Å². The lowest BCUT2D eigenvalue weighted by molar-refractivity contribution is 0.248. The summed E-state index contributed by atoms with van der Waals surface area (Å²) in [7, 11) is 5.46. The SMILES string of the molecule is COc1cc(CN(C)C(C)c2nc3ccccc3s2)c(OC)cc1Br. The van der Waals surface area contributed by atoms with Gasteiger partial charge in [0.25, 0.3) is 0 Å². The lowest BCUT2D eigenvalue weighted by atomic mass is 10.1. The fraction of sp³-hybridized carbons (Fsp3) is 0.316. The molecule has 0 aliphatic carbocycles. The van der Waals surface area contributed by atoms with Gasteiger partial charge < -0.3 is 9.47 Å². The molecule has 132 valence electrons. The normalized spacial score (nSPS) is 12.6. The molecule has 1 unspecified atom stereocenters. The molecule has 3 rings (SSSR count). The molecular weight excluding hydrogens is 400 g/mol. The fourth-order valence-corrected chi connectivity index (χ4v) is 4.28. The Morgan fingerprint density at radius 3 is 2.56 bits per heavy atom. The molecule has 1 heterocycles. The van der Waals surface area contributed by atoms with Gasteiger partial charge in [0.05, 0.1) is 35.0 Å². The first kappa shape index (κ1) is 18.2. The van der Waals surface area contributed by atoms with Crippen LogP contribution in [0, 0.1) is 0 Å². The van der Waals surface area contributed by atoms with Crippen molar-refractivity contribution in [2.45, 2.75) is 19.5 Å². The van der Waals surface area contributed by atoms with Crippen LogP contribution >= 0.6 is 27.3 Å². The third-order valence-electron chi connectivity index (χ3n) is 4.30. The van der Waals surface area contributed by atoms with Crippen LogP contribution in [0.5, 0.6) is 11.5 Å². The summed E-state index contributed by atoms with van der Waals surface area (Å²) >= 11 is 5.25. The van der Waals surface area contributed by atoms with Gasteiger partial charge in [-0.3, -0.25) is 4.90 Å². The van der Waals surface area contributed by atoms with Gasteiger partial charge in [-0.1, -0.05) is 12.1 Å². The summed E-state index contributed by atoms with van der Waals surface area (Å²) in [6.07, 6.45) is 0. The van der Waals surface area contributed by atoms with E-state index in [9.17, 15) is 0 Å². The van der Waals surface area contributed by atoms with Gasteiger partial charge in [-0.05, 0) is 54.2 Å². The van der Waals surface area contributed by atoms with Crippen molar-refractivity contribution in [3.8, 4) is 11.5 Å². The predicted octanol–water partition coefficient (Wildman–Crippen LogP) is 5.27. The molecule has 25 heavy (non-hydrogen) atoms. The van der Waals surface area contributed by atoms with E-state index in [0.29, 0.717) is 0 Å². The minimum absolute atomic E-state index is 0.205. The number of halogens is 1. The molecule has 1 atom stereocenters. The number of rotatable bonds is 6. The van der Waals surface area contributed by atoms with Crippen LogP contribution in [0.25, 0.3) is 10.2 Å². The van der Waals surface area contributed by atoms with Crippen LogP contribution in [0.2, 0.25) is 0 Å². The Bertz CT molecular complexity index is 848. The Morgan fingerprint density at radius 2 is 1.88 bits per heavy atom. The maximum Gasteiger partial charge on any atom is 0.133 e. The van der Waals surface area contributed by atoms with Crippen LogP contribution in [0.15, 0.2) is 40.9 Å². The van der Waals surface area contributed by atoms with E-state index in [4.69, 9.17) is 14.5 Å². The number of benzene rings is 2. The summed E-state index contributed by atoms with van der Waals surface area (Å²) in [6.45, 7) is 2.92. The average molecular weight is 421 g/mol. The van der Waals surface area contributed by atoms with Crippen molar-refractivity contribution < 1.29 is 9.47 Å². The lowest BCUT2D eigenvalue weighted by Crippen LogP contribution is -2.22. The second kappa shape index (κ2) is 7.72. The third-order valence-corrected chi connectivity index (χ3v) is 6.13. The van der Waals surface area contributed by atoms with Gasteiger partial charge in [0.1, 0.15) is 16.5 Å². The van der Waals surface area contributed by atoms with Gasteiger partial charge in [0, 0.05) is 12.1 Å². The smallest absolute Gasteiger partial charge is 0.133 e. The topological polar surface area (TPSA) is 34.6 Å². The molecule has 0 fully saturated rings. The lowest BCUT2D eigenvalue weighted by Gasteiger charge is -2.24. The van der Waals surface area contributed by atoms with Gasteiger partial charge in [0.15, 0.2) is 0 Å². The standard InChI is InChI=1S/C19H21BrN2O2S/c1-12(19-21-15-7-5-6-8-18(15)25-19)22(2)11-13-9-17(24-4)14(20)10-16(13)23-3/h5-10,12H,11H2,1-4H3. The van der Waals surface area contributed by atoms with Crippen LogP contribution in [0.4, 0.5) is 0 Å². The molecule has 4 nitrogen and oxygen atoms in total. The number of para-hydroxylation sites is 1. The summed E-state index contributed by atoms with van der Waals surface area (Å²) in [6, 6.07) is 12.4. The molecule has 0 amide bonds. The molecule has 1 aromatic heterocycles. The second-order valence-corrected chi connectivity index (χ2v) is 7.83. The number of thiazole rings is 1. The van der Waals surface area contributed by atoms with Crippen molar-refractivity contribution in [2.75, 3.05) is 21.3 Å². The number of nitrogens with zero attached hydrogens (tertiary/aromatic N) is 2. The van der Waals surface area contributed by atoms with Gasteiger partial charge >= 0.3 is 0 Å². The van der Waals surface area contributed by atoms with Crippen molar-refractivity contribution in [2.24, 2.45) is 0 Å². The number of hydrogen-bond donors (Lipinski definition) is 0. The highest BCUT2D eigenvalue weighted by molar-refractivity contribution is 9.10. The molecule has 0 aliphatic heterocycles. The Balaban J connectivity index is 1.84. The van der Waals surface area contributed by atoms with Crippen LogP contribution in [-0.4, -0.2) is 31.2 Å². The van der Waals surface area contributed by atoms with Crippen LogP contribution in [-0.2, 0) is 6.54 Å². The highest BCUT2D eigenvalue weighted by atomic mass is 79.9. The number of aromatic nitrogens is 1. The Labute approximate surface area is 160 Å². The molecule has 0 aliphatic rings. The van der Waals surface area contributed by atoms with E-state index in [1.165, 1.54) is 4.70 Å². The monoisotopic (exact) mass is 420 g/mol. The van der Waals surface area contributed by atoms with Crippen LogP contribution in [0.3, 0.4) is 0 Å². The highest BCUT2D eigenvalue weighted by Crippen LogP contribution is 2.35. The summed E-state index contributed by atoms with van der Waals surface area (Å²) in [4.78, 5) is 7.05. The molecule has 6 heteroatoms. The maximum atomic E-state index is 5.53. The first-order valence-electron chi connectivity index (χ1n) is 7.99. The molecule has 3 aromatic rings. The molecule has 0 spiro atoms. The summed E-state index contributed by atoms with van der Waals surface area (Å²) in [5.74, 6) is 1.65. The van der Waals surface area contributed by atoms with Gasteiger partial charge in [-0.15, -0.1) is 11.3 Å². The number of methoxy groups -OCH3 is 2. The molecule has 0 radical (unpaired) electrons. The summed E-state index contributed by atoms with van der Waals surface area (Å²) in [5, 5.41) is 1.12. The number of hydrogen-bond acceptors (Lipinski definition) is 5. The molecule has 2 aromatic carbocycles. The van der Waals surface area contributed by atoms with Crippen molar-refractivity contribution in [3.05, 3.63) is 51.4 Å². The fourth-order valence-electron chi connectivity index (χ4n) is 2.71. The largest absolute Gasteiger partial charge is 0.496 e.